The molecule has 1 unspecified atom stereocenters. The van der Waals surface area contributed by atoms with E-state index in [2.05, 4.69) is 87.2 Å². The largest absolute Gasteiger partial charge is 0.371 e. The summed E-state index contributed by atoms with van der Waals surface area (Å²) in [5, 5.41) is 13.5. The lowest BCUT2D eigenvalue weighted by atomic mass is 10.1. The van der Waals surface area contributed by atoms with E-state index in [-0.39, 0.29) is 0 Å². The van der Waals surface area contributed by atoms with Crippen LogP contribution in [0.2, 0.25) is 0 Å². The van der Waals surface area contributed by atoms with Crippen LogP contribution in [0.3, 0.4) is 0 Å². The first-order valence-corrected chi connectivity index (χ1v) is 13.2. The predicted molar refractivity (Wildman–Crippen MR) is 153 cm³/mol. The molecule has 7 heteroatoms. The Labute approximate surface area is 217 Å². The van der Waals surface area contributed by atoms with Gasteiger partial charge in [-0.2, -0.15) is 5.10 Å². The van der Waals surface area contributed by atoms with Crippen LogP contribution >= 0.6 is 0 Å². The lowest BCUT2D eigenvalue weighted by molar-refractivity contribution is 0.579. The van der Waals surface area contributed by atoms with Gasteiger partial charge in [-0.25, -0.2) is 0 Å². The van der Waals surface area contributed by atoms with E-state index in [1.54, 1.807) is 0 Å². The molecule has 0 spiro atoms. The average molecular weight is 492 g/mol. The number of aromatic nitrogens is 5. The van der Waals surface area contributed by atoms with Gasteiger partial charge in [0.25, 0.3) is 0 Å². The number of rotatable bonds is 7. The summed E-state index contributed by atoms with van der Waals surface area (Å²) >= 11 is 0. The van der Waals surface area contributed by atoms with Crippen LogP contribution in [0.25, 0.3) is 44.5 Å². The van der Waals surface area contributed by atoms with E-state index in [1.807, 2.05) is 18.6 Å². The molecule has 188 valence electrons. The lowest BCUT2D eigenvalue weighted by Gasteiger charge is -2.29. The molecule has 3 N–H and O–H groups in total. The van der Waals surface area contributed by atoms with E-state index in [4.69, 9.17) is 4.98 Å². The molecule has 1 saturated heterocycles. The van der Waals surface area contributed by atoms with E-state index < -0.39 is 0 Å². The summed E-state index contributed by atoms with van der Waals surface area (Å²) in [4.78, 5) is 15.3. The monoisotopic (exact) mass is 491 g/mol. The Hall–Kier alpha value is -4.13. The molecular formula is C30H33N7. The third kappa shape index (κ3) is 4.46. The van der Waals surface area contributed by atoms with Gasteiger partial charge in [0.15, 0.2) is 0 Å². The number of allylic oxidation sites excluding steroid dienone is 1. The second kappa shape index (κ2) is 9.73. The van der Waals surface area contributed by atoms with Crippen molar-refractivity contribution in [3.63, 3.8) is 0 Å². The highest BCUT2D eigenvalue weighted by Crippen LogP contribution is 2.35. The van der Waals surface area contributed by atoms with Crippen molar-refractivity contribution in [3.05, 3.63) is 67.3 Å². The van der Waals surface area contributed by atoms with Gasteiger partial charge in [-0.15, -0.1) is 0 Å². The Balaban J connectivity index is 1.36. The zero-order valence-electron chi connectivity index (χ0n) is 21.5. The molecule has 4 aromatic heterocycles. The summed E-state index contributed by atoms with van der Waals surface area (Å²) in [5.74, 6) is 0.387. The van der Waals surface area contributed by atoms with Crippen molar-refractivity contribution in [1.82, 2.24) is 25.1 Å². The maximum absolute atomic E-state index is 4.70. The van der Waals surface area contributed by atoms with E-state index in [0.717, 1.165) is 70.0 Å². The standard InChI is InChI=1S/C30H33N7/c1-4-19(2)20(3)33-22-13-21(16-31-17-22)26-15-24-28(18-32-26)35-36-30(24)27-14-23-25(34-27)9-8-10-29(23)37-11-6-5-7-12-37/h8-10,13-19,33-34H,3-7,11-12H2,1-2H3,(H,35,36). The Kier molecular flexibility index (Phi) is 6.12. The second-order valence-electron chi connectivity index (χ2n) is 10.1. The normalized spacial score (nSPS) is 14.8. The average Bonchev–Trinajstić information content (AvgIpc) is 3.56. The molecule has 1 aliphatic rings. The summed E-state index contributed by atoms with van der Waals surface area (Å²) in [7, 11) is 0. The van der Waals surface area contributed by atoms with E-state index >= 15 is 0 Å². The summed E-state index contributed by atoms with van der Waals surface area (Å²) in [6.45, 7) is 10.7. The van der Waals surface area contributed by atoms with E-state index in [1.165, 1.54) is 30.3 Å². The van der Waals surface area contributed by atoms with Crippen molar-refractivity contribution < 1.29 is 0 Å². The SMILES string of the molecule is C=C(Nc1cncc(-c2cc3c(-c4cc5c(N6CCCCC6)cccc5[nH]4)n[nH]c3cn2)c1)C(C)CC. The quantitative estimate of drug-likeness (QED) is 0.225. The molecule has 0 saturated carbocycles. The molecule has 5 aromatic rings. The molecule has 7 nitrogen and oxygen atoms in total. The van der Waals surface area contributed by atoms with Gasteiger partial charge in [0.05, 0.1) is 35.0 Å². The Morgan fingerprint density at radius 3 is 2.76 bits per heavy atom. The minimum Gasteiger partial charge on any atom is -0.371 e. The fourth-order valence-corrected chi connectivity index (χ4v) is 5.16. The van der Waals surface area contributed by atoms with Gasteiger partial charge in [-0.3, -0.25) is 15.1 Å². The number of nitrogens with one attached hydrogen (secondary N) is 3. The predicted octanol–water partition coefficient (Wildman–Crippen LogP) is 7.13. The molecule has 37 heavy (non-hydrogen) atoms. The fraction of sp³-hybridized carbons (Fsp3) is 0.300. The van der Waals surface area contributed by atoms with Gasteiger partial charge in [0.1, 0.15) is 5.69 Å². The summed E-state index contributed by atoms with van der Waals surface area (Å²) in [6, 6.07) is 12.9. The maximum Gasteiger partial charge on any atom is 0.116 e. The molecule has 1 fully saturated rings. The van der Waals surface area contributed by atoms with Crippen LogP contribution in [0, 0.1) is 5.92 Å². The van der Waals surface area contributed by atoms with Crippen molar-refractivity contribution in [2.24, 2.45) is 5.92 Å². The molecule has 6 rings (SSSR count). The van der Waals surface area contributed by atoms with Crippen LogP contribution in [-0.2, 0) is 0 Å². The zero-order valence-corrected chi connectivity index (χ0v) is 21.5. The summed E-state index contributed by atoms with van der Waals surface area (Å²) in [5.41, 5.74) is 8.94. The Bertz CT molecular complexity index is 1570. The van der Waals surface area contributed by atoms with Crippen LogP contribution < -0.4 is 10.2 Å². The first-order chi connectivity index (χ1) is 18.1. The maximum atomic E-state index is 4.70. The fourth-order valence-electron chi connectivity index (χ4n) is 5.16. The van der Waals surface area contributed by atoms with Crippen LogP contribution in [0.5, 0.6) is 0 Å². The Morgan fingerprint density at radius 2 is 1.92 bits per heavy atom. The molecule has 1 atom stereocenters. The molecule has 5 heterocycles. The molecule has 1 aliphatic heterocycles. The first kappa shape index (κ1) is 23.3. The number of benzene rings is 1. The lowest BCUT2D eigenvalue weighted by Crippen LogP contribution is -2.29. The van der Waals surface area contributed by atoms with Gasteiger partial charge < -0.3 is 15.2 Å². The van der Waals surface area contributed by atoms with E-state index in [0.29, 0.717) is 5.92 Å². The highest BCUT2D eigenvalue weighted by Gasteiger charge is 2.18. The number of pyridine rings is 2. The van der Waals surface area contributed by atoms with Crippen molar-refractivity contribution in [2.75, 3.05) is 23.3 Å². The molecule has 0 amide bonds. The molecule has 1 aromatic carbocycles. The van der Waals surface area contributed by atoms with Crippen LogP contribution in [0.15, 0.2) is 67.3 Å². The zero-order chi connectivity index (χ0) is 25.4. The van der Waals surface area contributed by atoms with E-state index in [9.17, 15) is 0 Å². The van der Waals surface area contributed by atoms with Crippen molar-refractivity contribution in [3.8, 4) is 22.6 Å². The minimum absolute atomic E-state index is 0.387. The first-order valence-electron chi connectivity index (χ1n) is 13.2. The molecule has 0 bridgehead atoms. The number of fused-ring (bicyclic) bond motifs is 2. The molecule has 0 radical (unpaired) electrons. The second-order valence-corrected chi connectivity index (χ2v) is 10.1. The molecular weight excluding hydrogens is 458 g/mol. The highest BCUT2D eigenvalue weighted by atomic mass is 15.1. The Morgan fingerprint density at radius 1 is 1.05 bits per heavy atom. The minimum atomic E-state index is 0.387. The van der Waals surface area contributed by atoms with Crippen molar-refractivity contribution in [1.29, 1.82) is 0 Å². The van der Waals surface area contributed by atoms with Crippen LogP contribution in [0.1, 0.15) is 39.5 Å². The number of aromatic amines is 2. The topological polar surface area (TPSA) is 85.5 Å². The third-order valence-corrected chi connectivity index (χ3v) is 7.59. The van der Waals surface area contributed by atoms with Gasteiger partial charge in [0, 0.05) is 52.5 Å². The smallest absolute Gasteiger partial charge is 0.116 e. The highest BCUT2D eigenvalue weighted by molar-refractivity contribution is 6.00. The van der Waals surface area contributed by atoms with Gasteiger partial charge in [-0.05, 0) is 61.9 Å². The van der Waals surface area contributed by atoms with Crippen molar-refractivity contribution >= 4 is 33.2 Å². The molecule has 0 aliphatic carbocycles. The van der Waals surface area contributed by atoms with Crippen LogP contribution in [0.4, 0.5) is 11.4 Å². The number of hydrogen-bond acceptors (Lipinski definition) is 5. The number of H-pyrrole nitrogens is 2. The number of piperidine rings is 1. The van der Waals surface area contributed by atoms with Gasteiger partial charge in [0.2, 0.25) is 0 Å². The van der Waals surface area contributed by atoms with Crippen LogP contribution in [-0.4, -0.2) is 38.2 Å². The van der Waals surface area contributed by atoms with Crippen molar-refractivity contribution in [2.45, 2.75) is 39.5 Å². The summed E-state index contributed by atoms with van der Waals surface area (Å²) < 4.78 is 0. The third-order valence-electron chi connectivity index (χ3n) is 7.59. The van der Waals surface area contributed by atoms with Gasteiger partial charge in [-0.1, -0.05) is 26.5 Å². The number of anilines is 2. The number of hydrogen-bond donors (Lipinski definition) is 3. The van der Waals surface area contributed by atoms with Gasteiger partial charge >= 0.3 is 0 Å². The summed E-state index contributed by atoms with van der Waals surface area (Å²) in [6.07, 6.45) is 10.4. The number of nitrogens with zero attached hydrogens (tertiary/aromatic N) is 4.